The normalized spacial score (nSPS) is 9.56. The summed E-state index contributed by atoms with van der Waals surface area (Å²) < 4.78 is 4.87. The van der Waals surface area contributed by atoms with Gasteiger partial charge in [0.2, 0.25) is 0 Å². The molecule has 2 nitrogen and oxygen atoms in total. The van der Waals surface area contributed by atoms with Crippen molar-refractivity contribution in [3.05, 3.63) is 34.9 Å². The number of ether oxygens (including phenoxy) is 1. The zero-order valence-corrected chi connectivity index (χ0v) is 9.75. The lowest BCUT2D eigenvalue weighted by molar-refractivity contribution is -0.143. The Hall–Kier alpha value is -1.75. The van der Waals surface area contributed by atoms with E-state index in [4.69, 9.17) is 11.2 Å². The lowest BCUT2D eigenvalue weighted by Gasteiger charge is -2.04. The molecule has 1 aromatic rings. The summed E-state index contributed by atoms with van der Waals surface area (Å²) in [5.74, 6) is 2.46. The summed E-state index contributed by atoms with van der Waals surface area (Å²) in [7, 11) is 0. The Morgan fingerprint density at radius 2 is 2.25 bits per heavy atom. The van der Waals surface area contributed by atoms with Crippen molar-refractivity contribution in [1.29, 1.82) is 0 Å². The molecule has 0 spiro atoms. The smallest absolute Gasteiger partial charge is 0.306 e. The lowest BCUT2D eigenvalue weighted by Crippen LogP contribution is -2.05. The monoisotopic (exact) mass is 216 g/mol. The molecular formula is C14H16O2. The van der Waals surface area contributed by atoms with Crippen molar-refractivity contribution in [2.75, 3.05) is 6.61 Å². The summed E-state index contributed by atoms with van der Waals surface area (Å²) in [5.41, 5.74) is 3.09. The van der Waals surface area contributed by atoms with Crippen LogP contribution in [0.3, 0.4) is 0 Å². The summed E-state index contributed by atoms with van der Waals surface area (Å²) in [4.78, 5) is 11.2. The molecule has 0 fully saturated rings. The van der Waals surface area contributed by atoms with Crippen LogP contribution in [0.1, 0.15) is 30.0 Å². The Kier molecular flexibility index (Phi) is 4.60. The molecule has 0 heterocycles. The van der Waals surface area contributed by atoms with Crippen molar-refractivity contribution < 1.29 is 9.53 Å². The van der Waals surface area contributed by atoms with E-state index in [1.165, 1.54) is 0 Å². The number of aryl methyl sites for hydroxylation is 2. The van der Waals surface area contributed by atoms with Gasteiger partial charge >= 0.3 is 5.97 Å². The fourth-order valence-corrected chi connectivity index (χ4v) is 1.52. The van der Waals surface area contributed by atoms with Gasteiger partial charge in [0.05, 0.1) is 6.61 Å². The first-order valence-electron chi connectivity index (χ1n) is 5.39. The zero-order valence-electron chi connectivity index (χ0n) is 9.75. The molecule has 0 aliphatic heterocycles. The van der Waals surface area contributed by atoms with Crippen LogP contribution in [0.25, 0.3) is 0 Å². The highest BCUT2D eigenvalue weighted by molar-refractivity contribution is 5.69. The van der Waals surface area contributed by atoms with Crippen LogP contribution < -0.4 is 0 Å². The first kappa shape index (κ1) is 12.3. The van der Waals surface area contributed by atoms with Gasteiger partial charge in [-0.15, -0.1) is 6.42 Å². The molecule has 0 radical (unpaired) electrons. The highest BCUT2D eigenvalue weighted by atomic mass is 16.5. The summed E-state index contributed by atoms with van der Waals surface area (Å²) in [6.07, 6.45) is 6.46. The first-order chi connectivity index (χ1) is 7.67. The second-order valence-electron chi connectivity index (χ2n) is 3.60. The number of hydrogen-bond acceptors (Lipinski definition) is 2. The highest BCUT2D eigenvalue weighted by Crippen LogP contribution is 2.11. The Balaban J connectivity index is 2.59. The van der Waals surface area contributed by atoms with E-state index >= 15 is 0 Å². The third-order valence-electron chi connectivity index (χ3n) is 2.37. The number of carbonyl (C=O) groups is 1. The molecule has 0 amide bonds. The maximum absolute atomic E-state index is 11.2. The topological polar surface area (TPSA) is 26.3 Å². The Labute approximate surface area is 96.6 Å². The van der Waals surface area contributed by atoms with E-state index in [1.807, 2.05) is 32.0 Å². The van der Waals surface area contributed by atoms with Gasteiger partial charge < -0.3 is 4.74 Å². The Morgan fingerprint density at radius 3 is 2.81 bits per heavy atom. The van der Waals surface area contributed by atoms with Crippen molar-refractivity contribution in [2.45, 2.75) is 26.7 Å². The van der Waals surface area contributed by atoms with Crippen molar-refractivity contribution in [1.82, 2.24) is 0 Å². The minimum Gasteiger partial charge on any atom is -0.466 e. The molecule has 0 N–H and O–H groups in total. The second-order valence-corrected chi connectivity index (χ2v) is 3.60. The summed E-state index contributed by atoms with van der Waals surface area (Å²) in [5, 5.41) is 0. The molecule has 0 bridgehead atoms. The van der Waals surface area contributed by atoms with Crippen LogP contribution >= 0.6 is 0 Å². The molecule has 16 heavy (non-hydrogen) atoms. The van der Waals surface area contributed by atoms with Gasteiger partial charge in [-0.2, -0.15) is 0 Å². The molecule has 1 aromatic carbocycles. The lowest BCUT2D eigenvalue weighted by atomic mass is 10.0. The molecule has 2 heteroatoms. The van der Waals surface area contributed by atoms with Gasteiger partial charge in [0.15, 0.2) is 0 Å². The van der Waals surface area contributed by atoms with Crippen LogP contribution in [0.2, 0.25) is 0 Å². The number of hydrogen-bond donors (Lipinski definition) is 0. The number of esters is 1. The van der Waals surface area contributed by atoms with Crippen molar-refractivity contribution in [3.63, 3.8) is 0 Å². The molecule has 0 atom stereocenters. The molecule has 0 saturated heterocycles. The molecule has 0 aromatic heterocycles. The Morgan fingerprint density at radius 1 is 1.50 bits per heavy atom. The number of terminal acetylenes is 1. The van der Waals surface area contributed by atoms with Gasteiger partial charge in [-0.3, -0.25) is 4.79 Å². The van der Waals surface area contributed by atoms with Crippen LogP contribution in [-0.2, 0) is 16.0 Å². The van der Waals surface area contributed by atoms with E-state index in [0.29, 0.717) is 19.4 Å². The summed E-state index contributed by atoms with van der Waals surface area (Å²) in [6, 6.07) is 5.89. The third kappa shape index (κ3) is 3.43. The van der Waals surface area contributed by atoms with E-state index in [2.05, 4.69) is 5.92 Å². The second kappa shape index (κ2) is 5.97. The zero-order chi connectivity index (χ0) is 12.0. The molecule has 0 aliphatic rings. The fourth-order valence-electron chi connectivity index (χ4n) is 1.52. The number of benzene rings is 1. The van der Waals surface area contributed by atoms with Crippen LogP contribution in [0.4, 0.5) is 0 Å². The number of rotatable bonds is 4. The van der Waals surface area contributed by atoms with E-state index in [-0.39, 0.29) is 5.97 Å². The predicted octanol–water partition coefficient (Wildman–Crippen LogP) is 2.47. The standard InChI is InChI=1S/C14H16O2/c1-4-13-8-6-12(10-11(13)3)7-9-14(15)16-5-2/h1,6,8,10H,5,7,9H2,2-3H3. The van der Waals surface area contributed by atoms with Gasteiger partial charge in [-0.05, 0) is 37.5 Å². The fraction of sp³-hybridized carbons (Fsp3) is 0.357. The van der Waals surface area contributed by atoms with E-state index in [1.54, 1.807) is 0 Å². The average molecular weight is 216 g/mol. The third-order valence-corrected chi connectivity index (χ3v) is 2.37. The van der Waals surface area contributed by atoms with Crippen LogP contribution in [0.5, 0.6) is 0 Å². The SMILES string of the molecule is C#Cc1ccc(CCC(=O)OCC)cc1C. The molecule has 1 rings (SSSR count). The maximum Gasteiger partial charge on any atom is 0.306 e. The minimum atomic E-state index is -0.152. The van der Waals surface area contributed by atoms with Crippen LogP contribution in [-0.4, -0.2) is 12.6 Å². The van der Waals surface area contributed by atoms with E-state index in [0.717, 1.165) is 16.7 Å². The summed E-state index contributed by atoms with van der Waals surface area (Å²) in [6.45, 7) is 4.22. The van der Waals surface area contributed by atoms with Gasteiger partial charge in [-0.1, -0.05) is 18.1 Å². The van der Waals surface area contributed by atoms with Gasteiger partial charge in [0.25, 0.3) is 0 Å². The van der Waals surface area contributed by atoms with Crippen molar-refractivity contribution in [2.24, 2.45) is 0 Å². The molecule has 84 valence electrons. The van der Waals surface area contributed by atoms with Gasteiger partial charge in [0, 0.05) is 12.0 Å². The van der Waals surface area contributed by atoms with Crippen LogP contribution in [0, 0.1) is 19.3 Å². The molecular weight excluding hydrogens is 200 g/mol. The van der Waals surface area contributed by atoms with Gasteiger partial charge in [-0.25, -0.2) is 0 Å². The van der Waals surface area contributed by atoms with E-state index in [9.17, 15) is 4.79 Å². The summed E-state index contributed by atoms with van der Waals surface area (Å²) >= 11 is 0. The van der Waals surface area contributed by atoms with Crippen LogP contribution in [0.15, 0.2) is 18.2 Å². The predicted molar refractivity (Wildman–Crippen MR) is 64.1 cm³/mol. The molecule has 0 aliphatic carbocycles. The quantitative estimate of drug-likeness (QED) is 0.571. The largest absolute Gasteiger partial charge is 0.466 e. The first-order valence-corrected chi connectivity index (χ1v) is 5.39. The van der Waals surface area contributed by atoms with E-state index < -0.39 is 0 Å². The molecule has 0 unspecified atom stereocenters. The minimum absolute atomic E-state index is 0.152. The number of carbonyl (C=O) groups excluding carboxylic acids is 1. The average Bonchev–Trinajstić information content (AvgIpc) is 2.27. The highest BCUT2D eigenvalue weighted by Gasteiger charge is 2.03. The van der Waals surface area contributed by atoms with Gasteiger partial charge in [0.1, 0.15) is 0 Å². The van der Waals surface area contributed by atoms with Crippen molar-refractivity contribution in [3.8, 4) is 12.3 Å². The maximum atomic E-state index is 11.2. The Bertz CT molecular complexity index is 413. The van der Waals surface area contributed by atoms with Crippen molar-refractivity contribution >= 4 is 5.97 Å². The molecule has 0 saturated carbocycles.